The highest BCUT2D eigenvalue weighted by Crippen LogP contribution is 2.34. The van der Waals surface area contributed by atoms with Gasteiger partial charge in [-0.2, -0.15) is 5.10 Å². The number of carbonyl (C=O) groups is 1. The van der Waals surface area contributed by atoms with Gasteiger partial charge in [-0.25, -0.2) is 0 Å². The van der Waals surface area contributed by atoms with Gasteiger partial charge in [0.25, 0.3) is 0 Å². The van der Waals surface area contributed by atoms with Gasteiger partial charge in [-0.05, 0) is 37.6 Å². The van der Waals surface area contributed by atoms with E-state index in [-0.39, 0.29) is 11.8 Å². The molecule has 0 spiro atoms. The zero-order valence-corrected chi connectivity index (χ0v) is 15.5. The quantitative estimate of drug-likeness (QED) is 0.846. The van der Waals surface area contributed by atoms with Gasteiger partial charge in [0.2, 0.25) is 0 Å². The van der Waals surface area contributed by atoms with Crippen molar-refractivity contribution in [2.45, 2.75) is 32.4 Å². The summed E-state index contributed by atoms with van der Waals surface area (Å²) in [4.78, 5) is 13.9. The van der Waals surface area contributed by atoms with Crippen LogP contribution < -0.4 is 0 Å². The zero-order valence-electron chi connectivity index (χ0n) is 13.9. The Morgan fingerprint density at radius 2 is 2.00 bits per heavy atom. The van der Waals surface area contributed by atoms with E-state index in [1.165, 1.54) is 0 Å². The predicted octanol–water partition coefficient (Wildman–Crippen LogP) is 3.53. The molecule has 1 aromatic heterocycles. The molecule has 24 heavy (non-hydrogen) atoms. The highest BCUT2D eigenvalue weighted by atomic mass is 79.9. The average molecular weight is 392 g/mol. The number of aliphatic carboxylic acids is 1. The van der Waals surface area contributed by atoms with Gasteiger partial charge in [0.15, 0.2) is 0 Å². The zero-order chi connectivity index (χ0) is 17.3. The van der Waals surface area contributed by atoms with E-state index in [2.05, 4.69) is 39.8 Å². The Morgan fingerprint density at radius 1 is 1.29 bits per heavy atom. The number of likely N-dealkylation sites (tertiary alicyclic amines) is 1. The molecule has 5 nitrogen and oxygen atoms in total. The van der Waals surface area contributed by atoms with Crippen molar-refractivity contribution in [2.75, 3.05) is 13.1 Å². The lowest BCUT2D eigenvalue weighted by Crippen LogP contribution is -2.23. The Balaban J connectivity index is 1.74. The topological polar surface area (TPSA) is 58.4 Å². The summed E-state index contributed by atoms with van der Waals surface area (Å²) in [5.41, 5.74) is 2.07. The van der Waals surface area contributed by atoms with Gasteiger partial charge < -0.3 is 5.11 Å². The molecule has 0 amide bonds. The monoisotopic (exact) mass is 391 g/mol. The van der Waals surface area contributed by atoms with Gasteiger partial charge in [0, 0.05) is 42.3 Å². The molecule has 0 aliphatic carbocycles. The van der Waals surface area contributed by atoms with E-state index in [1.807, 2.05) is 41.2 Å². The van der Waals surface area contributed by atoms with Crippen LogP contribution in [0.4, 0.5) is 0 Å². The summed E-state index contributed by atoms with van der Waals surface area (Å²) in [6.45, 7) is 6.18. The summed E-state index contributed by atoms with van der Waals surface area (Å²) < 4.78 is 2.94. The molecule has 0 bridgehead atoms. The van der Waals surface area contributed by atoms with Crippen LogP contribution in [0.25, 0.3) is 0 Å². The van der Waals surface area contributed by atoms with E-state index in [9.17, 15) is 9.90 Å². The van der Waals surface area contributed by atoms with Crippen molar-refractivity contribution in [3.05, 3.63) is 52.3 Å². The Kier molecular flexibility index (Phi) is 5.06. The number of aromatic nitrogens is 2. The number of nitrogens with zero attached hydrogens (tertiary/aromatic N) is 3. The van der Waals surface area contributed by atoms with Crippen LogP contribution in [0, 0.1) is 5.92 Å². The highest BCUT2D eigenvalue weighted by molar-refractivity contribution is 9.10. The lowest BCUT2D eigenvalue weighted by molar-refractivity contribution is -0.141. The number of carboxylic acid groups (broad SMARTS) is 1. The molecule has 0 saturated carbocycles. The molecule has 1 aliphatic heterocycles. The van der Waals surface area contributed by atoms with Gasteiger partial charge in [-0.3, -0.25) is 14.4 Å². The first-order valence-electron chi connectivity index (χ1n) is 8.18. The van der Waals surface area contributed by atoms with Crippen molar-refractivity contribution in [3.8, 4) is 0 Å². The van der Waals surface area contributed by atoms with Crippen molar-refractivity contribution >= 4 is 21.9 Å². The molecule has 1 fully saturated rings. The van der Waals surface area contributed by atoms with Crippen molar-refractivity contribution in [1.29, 1.82) is 0 Å². The molecule has 6 heteroatoms. The maximum Gasteiger partial charge on any atom is 0.308 e. The molecule has 0 radical (unpaired) electrons. The lowest BCUT2D eigenvalue weighted by Gasteiger charge is -2.15. The molecule has 1 N–H and O–H groups in total. The van der Waals surface area contributed by atoms with E-state index in [1.54, 1.807) is 0 Å². The number of rotatable bonds is 5. The van der Waals surface area contributed by atoms with Crippen LogP contribution in [0.15, 0.2) is 41.0 Å². The average Bonchev–Trinajstić information content (AvgIpc) is 3.15. The van der Waals surface area contributed by atoms with E-state index in [4.69, 9.17) is 0 Å². The summed E-state index contributed by atoms with van der Waals surface area (Å²) in [5.74, 6) is -1.08. The van der Waals surface area contributed by atoms with Crippen LogP contribution in [0.3, 0.4) is 0 Å². The molecule has 1 saturated heterocycles. The smallest absolute Gasteiger partial charge is 0.308 e. The first-order valence-corrected chi connectivity index (χ1v) is 8.98. The van der Waals surface area contributed by atoms with Gasteiger partial charge >= 0.3 is 5.97 Å². The third kappa shape index (κ3) is 3.70. The second-order valence-corrected chi connectivity index (χ2v) is 7.59. The third-order valence-electron chi connectivity index (χ3n) is 4.59. The van der Waals surface area contributed by atoms with E-state index >= 15 is 0 Å². The molecule has 2 aromatic rings. The molecule has 0 unspecified atom stereocenters. The van der Waals surface area contributed by atoms with Crippen LogP contribution in [0.5, 0.6) is 0 Å². The van der Waals surface area contributed by atoms with Crippen LogP contribution in [-0.2, 0) is 11.3 Å². The second-order valence-electron chi connectivity index (χ2n) is 6.68. The summed E-state index contributed by atoms with van der Waals surface area (Å²) in [7, 11) is 0. The predicted molar refractivity (Wildman–Crippen MR) is 95.9 cm³/mol. The van der Waals surface area contributed by atoms with Crippen molar-refractivity contribution in [3.63, 3.8) is 0 Å². The summed E-state index contributed by atoms with van der Waals surface area (Å²) in [6, 6.07) is 10.3. The van der Waals surface area contributed by atoms with Crippen LogP contribution in [-0.4, -0.2) is 38.8 Å². The molecule has 3 rings (SSSR count). The Morgan fingerprint density at radius 3 is 2.58 bits per heavy atom. The first-order chi connectivity index (χ1) is 11.4. The van der Waals surface area contributed by atoms with Crippen molar-refractivity contribution in [2.24, 2.45) is 5.92 Å². The summed E-state index contributed by atoms with van der Waals surface area (Å²) >= 11 is 3.43. The molecule has 2 atom stereocenters. The van der Waals surface area contributed by atoms with E-state index < -0.39 is 5.97 Å². The minimum absolute atomic E-state index is 0.0165. The Hall–Kier alpha value is -1.66. The number of hydrogen-bond acceptors (Lipinski definition) is 3. The van der Waals surface area contributed by atoms with Gasteiger partial charge in [-0.15, -0.1) is 0 Å². The van der Waals surface area contributed by atoms with Gasteiger partial charge in [-0.1, -0.05) is 28.1 Å². The van der Waals surface area contributed by atoms with E-state index in [0.29, 0.717) is 19.1 Å². The third-order valence-corrected chi connectivity index (χ3v) is 5.12. The van der Waals surface area contributed by atoms with Crippen LogP contribution in [0.2, 0.25) is 0 Å². The molecule has 2 heterocycles. The fraction of sp³-hybridized carbons (Fsp3) is 0.444. The minimum Gasteiger partial charge on any atom is -0.481 e. The maximum absolute atomic E-state index is 11.7. The van der Waals surface area contributed by atoms with Crippen molar-refractivity contribution < 1.29 is 9.90 Å². The first kappa shape index (κ1) is 17.2. The number of benzene rings is 1. The molecular weight excluding hydrogens is 370 g/mol. The standard InChI is InChI=1S/C18H22BrN3O2/c1-12(2)22-8-7-15(20-22)9-21-10-16(17(11-21)18(23)24)13-3-5-14(19)6-4-13/h3-8,12,16-17H,9-11H2,1-2H3,(H,23,24)/t16-,17+/m0/s1. The highest BCUT2D eigenvalue weighted by Gasteiger charge is 2.38. The normalized spacial score (nSPS) is 21.5. The van der Waals surface area contributed by atoms with Crippen LogP contribution in [0.1, 0.15) is 37.1 Å². The van der Waals surface area contributed by atoms with E-state index in [0.717, 1.165) is 22.3 Å². The fourth-order valence-electron chi connectivity index (χ4n) is 3.29. The second kappa shape index (κ2) is 7.07. The largest absolute Gasteiger partial charge is 0.481 e. The molecule has 1 aromatic carbocycles. The fourth-order valence-corrected chi connectivity index (χ4v) is 3.56. The molecular formula is C18H22BrN3O2. The Bertz CT molecular complexity index is 711. The SMILES string of the molecule is CC(C)n1ccc(CN2C[C@@H](C(=O)O)[C@H](c3ccc(Br)cc3)C2)n1. The van der Waals surface area contributed by atoms with Gasteiger partial charge in [0.1, 0.15) is 0 Å². The maximum atomic E-state index is 11.7. The number of hydrogen-bond donors (Lipinski definition) is 1. The molecule has 128 valence electrons. The van der Waals surface area contributed by atoms with Crippen molar-refractivity contribution in [1.82, 2.24) is 14.7 Å². The van der Waals surface area contributed by atoms with Crippen LogP contribution >= 0.6 is 15.9 Å². The Labute approximate surface area is 150 Å². The summed E-state index contributed by atoms with van der Waals surface area (Å²) in [6.07, 6.45) is 1.98. The molecule has 1 aliphatic rings. The lowest BCUT2D eigenvalue weighted by atomic mass is 9.89. The summed E-state index contributed by atoms with van der Waals surface area (Å²) in [5, 5.41) is 14.2. The number of carboxylic acids is 1. The number of halogens is 1. The van der Waals surface area contributed by atoms with Gasteiger partial charge in [0.05, 0.1) is 11.6 Å². The minimum atomic E-state index is -0.724.